The van der Waals surface area contributed by atoms with Gasteiger partial charge in [0.2, 0.25) is 0 Å². The van der Waals surface area contributed by atoms with Crippen LogP contribution in [-0.2, 0) is 9.53 Å². The van der Waals surface area contributed by atoms with Gasteiger partial charge in [-0.2, -0.15) is 0 Å². The molecule has 18 heavy (non-hydrogen) atoms. The summed E-state index contributed by atoms with van der Waals surface area (Å²) in [6.45, 7) is 8.34. The van der Waals surface area contributed by atoms with E-state index in [0.717, 1.165) is 19.0 Å². The molecule has 0 aromatic rings. The van der Waals surface area contributed by atoms with Gasteiger partial charge in [0.15, 0.2) is 0 Å². The Labute approximate surface area is 110 Å². The molecule has 2 aliphatic rings. The Hall–Kier alpha value is -0.610. The predicted molar refractivity (Wildman–Crippen MR) is 71.4 cm³/mol. The van der Waals surface area contributed by atoms with Gasteiger partial charge in [0, 0.05) is 25.2 Å². The molecule has 2 rings (SSSR count). The van der Waals surface area contributed by atoms with Gasteiger partial charge in [-0.15, -0.1) is 0 Å². The minimum absolute atomic E-state index is 0.138. The van der Waals surface area contributed by atoms with Gasteiger partial charge in [0.25, 0.3) is 0 Å². The van der Waals surface area contributed by atoms with E-state index in [1.54, 1.807) is 0 Å². The number of hydrogen-bond donors (Lipinski definition) is 1. The van der Waals surface area contributed by atoms with Crippen LogP contribution in [0.25, 0.3) is 0 Å². The monoisotopic (exact) mass is 254 g/mol. The van der Waals surface area contributed by atoms with E-state index in [2.05, 4.69) is 24.1 Å². The van der Waals surface area contributed by atoms with Gasteiger partial charge in [0.1, 0.15) is 5.54 Å². The summed E-state index contributed by atoms with van der Waals surface area (Å²) in [6.07, 6.45) is 3.58. The van der Waals surface area contributed by atoms with Gasteiger partial charge in [-0.1, -0.05) is 6.92 Å². The molecule has 1 N–H and O–H groups in total. The zero-order valence-electron chi connectivity index (χ0n) is 12.0. The van der Waals surface area contributed by atoms with Crippen molar-refractivity contribution in [2.75, 3.05) is 20.2 Å². The van der Waals surface area contributed by atoms with Gasteiger partial charge in [0.05, 0.1) is 7.11 Å². The molecule has 0 bridgehead atoms. The van der Waals surface area contributed by atoms with Crippen LogP contribution in [0.4, 0.5) is 0 Å². The number of likely N-dealkylation sites (tertiary alicyclic amines) is 1. The molecule has 1 aliphatic carbocycles. The van der Waals surface area contributed by atoms with Crippen LogP contribution in [0.15, 0.2) is 0 Å². The average molecular weight is 254 g/mol. The Bertz CT molecular complexity index is 317. The van der Waals surface area contributed by atoms with Crippen molar-refractivity contribution in [1.82, 2.24) is 10.2 Å². The van der Waals surface area contributed by atoms with Crippen LogP contribution in [-0.4, -0.2) is 48.7 Å². The van der Waals surface area contributed by atoms with Crippen LogP contribution in [0.2, 0.25) is 0 Å². The summed E-state index contributed by atoms with van der Waals surface area (Å²) in [7, 11) is 1.48. The second kappa shape index (κ2) is 5.17. The lowest BCUT2D eigenvalue weighted by Crippen LogP contribution is -2.58. The third-order valence-electron chi connectivity index (χ3n) is 4.17. The first-order valence-electron chi connectivity index (χ1n) is 7.05. The summed E-state index contributed by atoms with van der Waals surface area (Å²) in [5.41, 5.74) is -0.561. The van der Waals surface area contributed by atoms with Gasteiger partial charge >= 0.3 is 5.97 Å². The van der Waals surface area contributed by atoms with Crippen LogP contribution >= 0.6 is 0 Å². The maximum absolute atomic E-state index is 12.1. The highest BCUT2D eigenvalue weighted by atomic mass is 16.5. The number of carbonyl (C=O) groups excluding carboxylic acids is 1. The molecule has 3 atom stereocenters. The fourth-order valence-electron chi connectivity index (χ4n) is 3.09. The van der Waals surface area contributed by atoms with E-state index in [4.69, 9.17) is 4.74 Å². The zero-order chi connectivity index (χ0) is 13.3. The van der Waals surface area contributed by atoms with E-state index < -0.39 is 5.54 Å². The first-order chi connectivity index (χ1) is 8.44. The normalized spacial score (nSPS) is 32.2. The molecule has 0 aromatic heterocycles. The minimum atomic E-state index is -0.561. The van der Waals surface area contributed by atoms with Crippen molar-refractivity contribution in [3.63, 3.8) is 0 Å². The molecule has 0 spiro atoms. The number of esters is 1. The Morgan fingerprint density at radius 3 is 2.56 bits per heavy atom. The Morgan fingerprint density at radius 2 is 2.11 bits per heavy atom. The standard InChI is InChI=1S/C14H26N2O2/c1-10-7-11(2)16(8-10)9-14(3,13(17)18-4)15-12-5-6-12/h10-12,15H,5-9H2,1-4H3. The van der Waals surface area contributed by atoms with Crippen LogP contribution < -0.4 is 5.32 Å². The first kappa shape index (κ1) is 13.8. The number of carbonyl (C=O) groups is 1. The summed E-state index contributed by atoms with van der Waals surface area (Å²) in [5.74, 6) is 0.587. The van der Waals surface area contributed by atoms with Crippen molar-refractivity contribution < 1.29 is 9.53 Å². The van der Waals surface area contributed by atoms with Gasteiger partial charge in [-0.05, 0) is 39.0 Å². The van der Waals surface area contributed by atoms with Crippen molar-refractivity contribution in [2.24, 2.45) is 5.92 Å². The third kappa shape index (κ3) is 3.04. The van der Waals surface area contributed by atoms with Crippen molar-refractivity contribution >= 4 is 5.97 Å². The Morgan fingerprint density at radius 1 is 1.44 bits per heavy atom. The lowest BCUT2D eigenvalue weighted by molar-refractivity contribution is -0.149. The Balaban J connectivity index is 2.02. The molecule has 104 valence electrons. The molecule has 0 radical (unpaired) electrons. The number of ether oxygens (including phenoxy) is 1. The van der Waals surface area contributed by atoms with Crippen LogP contribution in [0, 0.1) is 5.92 Å². The number of nitrogens with zero attached hydrogens (tertiary/aromatic N) is 1. The second-order valence-electron chi connectivity index (χ2n) is 6.36. The fourth-order valence-corrected chi connectivity index (χ4v) is 3.09. The van der Waals surface area contributed by atoms with E-state index in [1.807, 2.05) is 6.92 Å². The highest BCUT2D eigenvalue weighted by Gasteiger charge is 2.42. The number of rotatable bonds is 5. The Kier molecular flexibility index (Phi) is 3.97. The second-order valence-corrected chi connectivity index (χ2v) is 6.36. The van der Waals surface area contributed by atoms with Crippen molar-refractivity contribution in [3.05, 3.63) is 0 Å². The number of nitrogens with one attached hydrogen (secondary N) is 1. The quantitative estimate of drug-likeness (QED) is 0.753. The molecular weight excluding hydrogens is 228 g/mol. The van der Waals surface area contributed by atoms with E-state index in [9.17, 15) is 4.79 Å². The topological polar surface area (TPSA) is 41.6 Å². The van der Waals surface area contributed by atoms with Crippen LogP contribution in [0.1, 0.15) is 40.0 Å². The summed E-state index contributed by atoms with van der Waals surface area (Å²) in [4.78, 5) is 14.5. The molecule has 0 aromatic carbocycles. The van der Waals surface area contributed by atoms with Crippen molar-refractivity contribution in [1.29, 1.82) is 0 Å². The third-order valence-corrected chi connectivity index (χ3v) is 4.17. The van der Waals surface area contributed by atoms with E-state index in [0.29, 0.717) is 12.1 Å². The minimum Gasteiger partial charge on any atom is -0.468 e. The lowest BCUT2D eigenvalue weighted by atomic mass is 10.0. The summed E-state index contributed by atoms with van der Waals surface area (Å²) in [5, 5.41) is 3.46. The summed E-state index contributed by atoms with van der Waals surface area (Å²) < 4.78 is 4.99. The smallest absolute Gasteiger partial charge is 0.327 e. The highest BCUT2D eigenvalue weighted by molar-refractivity contribution is 5.80. The molecule has 1 saturated carbocycles. The molecular formula is C14H26N2O2. The van der Waals surface area contributed by atoms with E-state index in [1.165, 1.54) is 26.4 Å². The SMILES string of the molecule is COC(=O)C(C)(CN1CC(C)CC1C)NC1CC1. The first-order valence-corrected chi connectivity index (χ1v) is 7.05. The summed E-state index contributed by atoms with van der Waals surface area (Å²) >= 11 is 0. The molecule has 2 fully saturated rings. The average Bonchev–Trinajstić information content (AvgIpc) is 3.04. The highest BCUT2D eigenvalue weighted by Crippen LogP contribution is 2.27. The maximum Gasteiger partial charge on any atom is 0.327 e. The lowest BCUT2D eigenvalue weighted by Gasteiger charge is -2.34. The van der Waals surface area contributed by atoms with E-state index >= 15 is 0 Å². The predicted octanol–water partition coefficient (Wildman–Crippen LogP) is 1.40. The van der Waals surface area contributed by atoms with Gasteiger partial charge in [-0.25, -0.2) is 0 Å². The number of methoxy groups -OCH3 is 1. The van der Waals surface area contributed by atoms with Crippen LogP contribution in [0.5, 0.6) is 0 Å². The van der Waals surface area contributed by atoms with Gasteiger partial charge in [-0.3, -0.25) is 15.0 Å². The number of hydrogen-bond acceptors (Lipinski definition) is 4. The molecule has 4 nitrogen and oxygen atoms in total. The largest absolute Gasteiger partial charge is 0.468 e. The molecule has 1 heterocycles. The zero-order valence-corrected chi connectivity index (χ0v) is 12.0. The maximum atomic E-state index is 12.1. The van der Waals surface area contributed by atoms with Crippen molar-refractivity contribution in [3.8, 4) is 0 Å². The molecule has 3 unspecified atom stereocenters. The van der Waals surface area contributed by atoms with E-state index in [-0.39, 0.29) is 5.97 Å². The summed E-state index contributed by atoms with van der Waals surface area (Å²) in [6, 6.07) is 1.06. The van der Waals surface area contributed by atoms with Crippen molar-refractivity contribution in [2.45, 2.75) is 57.7 Å². The fraction of sp³-hybridized carbons (Fsp3) is 0.929. The molecule has 4 heteroatoms. The van der Waals surface area contributed by atoms with Gasteiger partial charge < -0.3 is 4.74 Å². The van der Waals surface area contributed by atoms with Crippen LogP contribution in [0.3, 0.4) is 0 Å². The molecule has 0 amide bonds. The molecule has 1 saturated heterocycles. The molecule has 1 aliphatic heterocycles.